The molecule has 13 heteroatoms. The van der Waals surface area contributed by atoms with Crippen molar-refractivity contribution in [3.8, 4) is 0 Å². The van der Waals surface area contributed by atoms with E-state index in [-0.39, 0.29) is 34.9 Å². The van der Waals surface area contributed by atoms with Gasteiger partial charge in [-0.2, -0.15) is 13.2 Å². The second-order valence-corrected chi connectivity index (χ2v) is 7.81. The summed E-state index contributed by atoms with van der Waals surface area (Å²) in [6, 6.07) is -1.30. The number of alkyl halides is 3. The van der Waals surface area contributed by atoms with Gasteiger partial charge in [0.15, 0.2) is 5.01 Å². The normalized spacial score (nSPS) is 18.2. The van der Waals surface area contributed by atoms with Crippen molar-refractivity contribution in [3.63, 3.8) is 0 Å². The summed E-state index contributed by atoms with van der Waals surface area (Å²) in [5, 5.41) is 2.91. The molecule has 0 radical (unpaired) electrons. The van der Waals surface area contributed by atoms with E-state index in [0.29, 0.717) is 0 Å². The maximum atomic E-state index is 14.6. The van der Waals surface area contributed by atoms with Gasteiger partial charge in [-0.05, 0) is 13.0 Å². The standard InChI is InChI=1S/C17H14ClF5N4O2S/c1-7-14(28)24-4-5-27(7)16(29)26-13(8-2-3-9(19)11(18)12(8)20)10-6-25-15(30-10)17(21,22)23/h2-3,6-7,13H,4-5H2,1H3,(H,24,28)(H,26,29)/t7-,13?/m1/s1. The zero-order valence-electron chi connectivity index (χ0n) is 15.2. The smallest absolute Gasteiger partial charge is 0.353 e. The van der Waals surface area contributed by atoms with Crippen molar-refractivity contribution in [2.75, 3.05) is 13.1 Å². The molecule has 2 aromatic rings. The number of hydrogen-bond donors (Lipinski definition) is 2. The summed E-state index contributed by atoms with van der Waals surface area (Å²) in [5.41, 5.74) is -0.346. The van der Waals surface area contributed by atoms with Crippen LogP contribution in [0.3, 0.4) is 0 Å². The van der Waals surface area contributed by atoms with Gasteiger partial charge in [-0.15, -0.1) is 11.3 Å². The van der Waals surface area contributed by atoms with E-state index in [0.717, 1.165) is 23.2 Å². The second-order valence-electron chi connectivity index (χ2n) is 6.37. The highest BCUT2D eigenvalue weighted by Gasteiger charge is 2.37. The number of nitrogens with one attached hydrogen (secondary N) is 2. The molecule has 3 amide bonds. The number of halogens is 6. The highest BCUT2D eigenvalue weighted by Crippen LogP contribution is 2.37. The summed E-state index contributed by atoms with van der Waals surface area (Å²) < 4.78 is 67.1. The summed E-state index contributed by atoms with van der Waals surface area (Å²) in [6.45, 7) is 1.78. The third kappa shape index (κ3) is 4.33. The molecule has 0 bridgehead atoms. The van der Waals surface area contributed by atoms with Crippen molar-refractivity contribution >= 4 is 34.9 Å². The zero-order chi connectivity index (χ0) is 22.2. The molecule has 0 saturated carbocycles. The number of nitrogens with zero attached hydrogens (tertiary/aromatic N) is 2. The third-order valence-electron chi connectivity index (χ3n) is 4.45. The van der Waals surface area contributed by atoms with Crippen LogP contribution in [-0.4, -0.2) is 41.0 Å². The lowest BCUT2D eigenvalue weighted by molar-refractivity contribution is -0.137. The molecule has 1 saturated heterocycles. The van der Waals surface area contributed by atoms with Crippen LogP contribution in [0, 0.1) is 11.6 Å². The summed E-state index contributed by atoms with van der Waals surface area (Å²) in [6.07, 6.45) is -3.89. The van der Waals surface area contributed by atoms with Crippen LogP contribution in [0.25, 0.3) is 0 Å². The first-order valence-corrected chi connectivity index (χ1v) is 9.71. The Hall–Kier alpha value is -2.47. The molecule has 1 aliphatic rings. The molecular weight excluding hydrogens is 455 g/mol. The first kappa shape index (κ1) is 22.2. The Balaban J connectivity index is 2.00. The Morgan fingerprint density at radius 3 is 2.73 bits per heavy atom. The molecule has 0 aliphatic carbocycles. The van der Waals surface area contributed by atoms with Crippen LogP contribution in [0.15, 0.2) is 18.3 Å². The van der Waals surface area contributed by atoms with Crippen molar-refractivity contribution in [2.45, 2.75) is 25.2 Å². The largest absolute Gasteiger partial charge is 0.443 e. The molecular formula is C17H14ClF5N4O2S. The second kappa shape index (κ2) is 8.34. The quantitative estimate of drug-likeness (QED) is 0.533. The number of piperazine rings is 1. The van der Waals surface area contributed by atoms with Crippen LogP contribution in [0.2, 0.25) is 5.02 Å². The van der Waals surface area contributed by atoms with Crippen LogP contribution in [0.5, 0.6) is 0 Å². The number of carbonyl (C=O) groups excluding carboxylic acids is 2. The highest BCUT2D eigenvalue weighted by atomic mass is 35.5. The van der Waals surface area contributed by atoms with Gasteiger partial charge in [-0.25, -0.2) is 18.6 Å². The molecule has 1 aliphatic heterocycles. The number of benzene rings is 1. The molecule has 0 spiro atoms. The monoisotopic (exact) mass is 468 g/mol. The molecule has 3 rings (SSSR count). The molecule has 162 valence electrons. The number of hydrogen-bond acceptors (Lipinski definition) is 4. The summed E-state index contributed by atoms with van der Waals surface area (Å²) in [5.74, 6) is -2.71. The zero-order valence-corrected chi connectivity index (χ0v) is 16.8. The molecule has 6 nitrogen and oxygen atoms in total. The minimum absolute atomic E-state index is 0.134. The van der Waals surface area contributed by atoms with Crippen LogP contribution in [0.4, 0.5) is 26.7 Å². The fourth-order valence-electron chi connectivity index (χ4n) is 2.88. The van der Waals surface area contributed by atoms with Gasteiger partial charge >= 0.3 is 12.2 Å². The molecule has 1 aromatic carbocycles. The van der Waals surface area contributed by atoms with Crippen molar-refractivity contribution in [3.05, 3.63) is 50.4 Å². The summed E-state index contributed by atoms with van der Waals surface area (Å²) in [4.78, 5) is 28.8. The van der Waals surface area contributed by atoms with E-state index in [9.17, 15) is 31.5 Å². The molecule has 1 fully saturated rings. The first-order valence-electron chi connectivity index (χ1n) is 8.52. The lowest BCUT2D eigenvalue weighted by Crippen LogP contribution is -2.58. The predicted octanol–water partition coefficient (Wildman–Crippen LogP) is 3.71. The Morgan fingerprint density at radius 1 is 1.40 bits per heavy atom. The number of carbonyl (C=O) groups is 2. The van der Waals surface area contributed by atoms with Gasteiger partial charge in [0.25, 0.3) is 0 Å². The van der Waals surface area contributed by atoms with Gasteiger partial charge in [0.05, 0.1) is 10.9 Å². The van der Waals surface area contributed by atoms with Gasteiger partial charge in [0.1, 0.15) is 22.7 Å². The average molecular weight is 469 g/mol. The van der Waals surface area contributed by atoms with Crippen LogP contribution in [0.1, 0.15) is 28.4 Å². The summed E-state index contributed by atoms with van der Waals surface area (Å²) >= 11 is 5.80. The first-order chi connectivity index (χ1) is 14.0. The van der Waals surface area contributed by atoms with Crippen molar-refractivity contribution < 1.29 is 31.5 Å². The van der Waals surface area contributed by atoms with E-state index < -0.39 is 51.9 Å². The Labute approximate surface area is 176 Å². The van der Waals surface area contributed by atoms with Crippen molar-refractivity contribution in [1.82, 2.24) is 20.5 Å². The molecule has 2 heterocycles. The Bertz CT molecular complexity index is 984. The lowest BCUT2D eigenvalue weighted by Gasteiger charge is -2.34. The molecule has 1 aromatic heterocycles. The summed E-state index contributed by atoms with van der Waals surface area (Å²) in [7, 11) is 0. The van der Waals surface area contributed by atoms with E-state index in [1.807, 2.05) is 0 Å². The van der Waals surface area contributed by atoms with Gasteiger partial charge in [-0.1, -0.05) is 17.7 Å². The molecule has 2 atom stereocenters. The number of amides is 3. The van der Waals surface area contributed by atoms with Crippen molar-refractivity contribution in [2.24, 2.45) is 0 Å². The Kier molecular flexibility index (Phi) is 6.18. The van der Waals surface area contributed by atoms with Gasteiger partial charge in [-0.3, -0.25) is 4.79 Å². The van der Waals surface area contributed by atoms with E-state index >= 15 is 0 Å². The molecule has 30 heavy (non-hydrogen) atoms. The minimum atomic E-state index is -4.74. The maximum Gasteiger partial charge on any atom is 0.443 e. The molecule has 2 N–H and O–H groups in total. The van der Waals surface area contributed by atoms with E-state index in [1.54, 1.807) is 0 Å². The van der Waals surface area contributed by atoms with E-state index in [2.05, 4.69) is 15.6 Å². The topological polar surface area (TPSA) is 74.3 Å². The Morgan fingerprint density at radius 2 is 2.10 bits per heavy atom. The number of rotatable bonds is 3. The number of thiazole rings is 1. The number of aromatic nitrogens is 1. The highest BCUT2D eigenvalue weighted by molar-refractivity contribution is 7.11. The van der Waals surface area contributed by atoms with Crippen LogP contribution >= 0.6 is 22.9 Å². The van der Waals surface area contributed by atoms with Gasteiger partial charge in [0.2, 0.25) is 5.91 Å². The SMILES string of the molecule is C[C@@H]1C(=O)NCCN1C(=O)NC(c1cnc(C(F)(F)F)s1)c1ccc(F)c(Cl)c1F. The predicted molar refractivity (Wildman–Crippen MR) is 98.0 cm³/mol. The van der Waals surface area contributed by atoms with Crippen LogP contribution in [-0.2, 0) is 11.0 Å². The van der Waals surface area contributed by atoms with Gasteiger partial charge < -0.3 is 15.5 Å². The average Bonchev–Trinajstić information content (AvgIpc) is 3.17. The number of urea groups is 1. The van der Waals surface area contributed by atoms with Crippen LogP contribution < -0.4 is 10.6 Å². The third-order valence-corrected chi connectivity index (χ3v) is 5.91. The fourth-order valence-corrected chi connectivity index (χ4v) is 3.91. The van der Waals surface area contributed by atoms with E-state index in [4.69, 9.17) is 11.6 Å². The van der Waals surface area contributed by atoms with E-state index in [1.165, 1.54) is 6.92 Å². The lowest BCUT2D eigenvalue weighted by atomic mass is 10.0. The molecule has 1 unspecified atom stereocenters. The fraction of sp³-hybridized carbons (Fsp3) is 0.353. The minimum Gasteiger partial charge on any atom is -0.353 e. The maximum absolute atomic E-state index is 14.6. The van der Waals surface area contributed by atoms with Gasteiger partial charge in [0, 0.05) is 24.8 Å². The van der Waals surface area contributed by atoms with Crippen molar-refractivity contribution in [1.29, 1.82) is 0 Å².